The van der Waals surface area contributed by atoms with Gasteiger partial charge >= 0.3 is 0 Å². The Balaban J connectivity index is 3.27. The molecule has 74 valence electrons. The Morgan fingerprint density at radius 2 is 1.86 bits per heavy atom. The van der Waals surface area contributed by atoms with E-state index in [1.807, 2.05) is 6.92 Å². The molecule has 0 aliphatic heterocycles. The normalized spacial score (nSPS) is 9.93. The maximum absolute atomic E-state index is 11.0. The number of carbonyl (C=O) groups excluding carboxylic acids is 2. The van der Waals surface area contributed by atoms with Crippen LogP contribution in [0.25, 0.3) is 0 Å². The molecule has 0 aliphatic carbocycles. The van der Waals surface area contributed by atoms with Crippen LogP contribution in [0.1, 0.15) is 33.2 Å². The van der Waals surface area contributed by atoms with Crippen LogP contribution in [0.2, 0.25) is 0 Å². The van der Waals surface area contributed by atoms with Crippen LogP contribution in [-0.2, 0) is 6.42 Å². The van der Waals surface area contributed by atoms with Gasteiger partial charge in [-0.1, -0.05) is 13.0 Å². The molecule has 1 aromatic carbocycles. The molecule has 0 heterocycles. The van der Waals surface area contributed by atoms with Gasteiger partial charge in [-0.15, -0.1) is 0 Å². The van der Waals surface area contributed by atoms with E-state index in [-0.39, 0.29) is 5.56 Å². The minimum absolute atomic E-state index is 0.285. The largest absolute Gasteiger partial charge is 0.276 e. The standard InChI is InChI=1S/C10H8Cl2O2/c1-2-6-3-4-7(9(11)13)5-8(6)10(12)14/h3-5H,2H2,1H3. The van der Waals surface area contributed by atoms with Gasteiger partial charge in [-0.2, -0.15) is 0 Å². The molecule has 14 heavy (non-hydrogen) atoms. The number of carbonyl (C=O) groups is 2. The molecule has 0 amide bonds. The van der Waals surface area contributed by atoms with Crippen LogP contribution in [0.5, 0.6) is 0 Å². The van der Waals surface area contributed by atoms with Crippen LogP contribution in [0.15, 0.2) is 18.2 Å². The van der Waals surface area contributed by atoms with Crippen molar-refractivity contribution in [3.63, 3.8) is 0 Å². The predicted molar refractivity (Wildman–Crippen MR) is 56.2 cm³/mol. The van der Waals surface area contributed by atoms with Crippen molar-refractivity contribution in [1.82, 2.24) is 0 Å². The Labute approximate surface area is 91.8 Å². The van der Waals surface area contributed by atoms with E-state index in [0.717, 1.165) is 5.56 Å². The van der Waals surface area contributed by atoms with Gasteiger partial charge in [0.15, 0.2) is 0 Å². The second kappa shape index (κ2) is 4.58. The Morgan fingerprint density at radius 1 is 1.21 bits per heavy atom. The van der Waals surface area contributed by atoms with Crippen LogP contribution >= 0.6 is 23.2 Å². The van der Waals surface area contributed by atoms with E-state index in [1.165, 1.54) is 6.07 Å². The summed E-state index contributed by atoms with van der Waals surface area (Å²) in [5.41, 5.74) is 1.44. The van der Waals surface area contributed by atoms with Gasteiger partial charge in [0.2, 0.25) is 0 Å². The zero-order valence-electron chi connectivity index (χ0n) is 7.51. The molecule has 0 bridgehead atoms. The van der Waals surface area contributed by atoms with Crippen molar-refractivity contribution in [2.45, 2.75) is 13.3 Å². The van der Waals surface area contributed by atoms with Crippen molar-refractivity contribution in [3.8, 4) is 0 Å². The predicted octanol–water partition coefficient (Wildman–Crippen LogP) is 3.01. The van der Waals surface area contributed by atoms with Crippen LogP contribution in [0, 0.1) is 0 Å². The molecule has 0 fully saturated rings. The van der Waals surface area contributed by atoms with E-state index in [0.29, 0.717) is 12.0 Å². The number of halogens is 2. The molecular formula is C10H8Cl2O2. The van der Waals surface area contributed by atoms with Gasteiger partial charge in [0.25, 0.3) is 10.5 Å². The summed E-state index contributed by atoms with van der Waals surface area (Å²) in [6, 6.07) is 4.69. The zero-order valence-corrected chi connectivity index (χ0v) is 9.02. The lowest BCUT2D eigenvalue weighted by Crippen LogP contribution is -2.00. The van der Waals surface area contributed by atoms with Crippen LogP contribution < -0.4 is 0 Å². The third-order valence-corrected chi connectivity index (χ3v) is 2.35. The first-order valence-electron chi connectivity index (χ1n) is 4.08. The van der Waals surface area contributed by atoms with Gasteiger partial charge in [0.1, 0.15) is 0 Å². The molecule has 0 aromatic heterocycles. The zero-order chi connectivity index (χ0) is 10.7. The van der Waals surface area contributed by atoms with Crippen LogP contribution in [0.4, 0.5) is 0 Å². The molecule has 0 saturated carbocycles. The van der Waals surface area contributed by atoms with Gasteiger partial charge in [-0.25, -0.2) is 0 Å². The fourth-order valence-electron chi connectivity index (χ4n) is 1.19. The molecular weight excluding hydrogens is 223 g/mol. The van der Waals surface area contributed by atoms with Crippen molar-refractivity contribution < 1.29 is 9.59 Å². The summed E-state index contributed by atoms with van der Waals surface area (Å²) < 4.78 is 0. The third-order valence-electron chi connectivity index (χ3n) is 1.93. The summed E-state index contributed by atoms with van der Waals surface area (Å²) in [6.07, 6.45) is 0.685. The topological polar surface area (TPSA) is 34.1 Å². The number of benzene rings is 1. The molecule has 0 saturated heterocycles. The summed E-state index contributed by atoms with van der Waals surface area (Å²) in [6.45, 7) is 1.90. The molecule has 4 heteroatoms. The first-order chi connectivity index (χ1) is 6.56. The highest BCUT2D eigenvalue weighted by atomic mass is 35.5. The maximum atomic E-state index is 11.0. The second-order valence-electron chi connectivity index (χ2n) is 2.77. The Morgan fingerprint density at radius 3 is 2.29 bits per heavy atom. The number of rotatable bonds is 3. The summed E-state index contributed by atoms with van der Waals surface area (Å²) in [4.78, 5) is 21.8. The van der Waals surface area contributed by atoms with E-state index < -0.39 is 10.5 Å². The first-order valence-corrected chi connectivity index (χ1v) is 4.84. The quantitative estimate of drug-likeness (QED) is 0.749. The van der Waals surface area contributed by atoms with Gasteiger partial charge in [-0.3, -0.25) is 9.59 Å². The highest BCUT2D eigenvalue weighted by Gasteiger charge is 2.11. The molecule has 2 nitrogen and oxygen atoms in total. The van der Waals surface area contributed by atoms with Crippen LogP contribution in [0.3, 0.4) is 0 Å². The molecule has 0 unspecified atom stereocenters. The monoisotopic (exact) mass is 230 g/mol. The lowest BCUT2D eigenvalue weighted by atomic mass is 10.0. The van der Waals surface area contributed by atoms with Gasteiger partial charge in [0.05, 0.1) is 0 Å². The van der Waals surface area contributed by atoms with E-state index in [4.69, 9.17) is 23.2 Å². The second-order valence-corrected chi connectivity index (χ2v) is 3.46. The number of aryl methyl sites for hydroxylation is 1. The minimum atomic E-state index is -0.591. The summed E-state index contributed by atoms with van der Waals surface area (Å²) in [7, 11) is 0. The molecule has 1 aromatic rings. The fourth-order valence-corrected chi connectivity index (χ4v) is 1.48. The molecule has 0 radical (unpaired) electrons. The molecule has 1 rings (SSSR count). The Hall–Kier alpha value is -0.860. The van der Waals surface area contributed by atoms with E-state index in [1.54, 1.807) is 12.1 Å². The summed E-state index contributed by atoms with van der Waals surface area (Å²) in [5, 5.41) is -1.16. The average molecular weight is 231 g/mol. The van der Waals surface area contributed by atoms with Crippen molar-refractivity contribution in [2.75, 3.05) is 0 Å². The third kappa shape index (κ3) is 2.34. The van der Waals surface area contributed by atoms with E-state index >= 15 is 0 Å². The minimum Gasteiger partial charge on any atom is -0.276 e. The highest BCUT2D eigenvalue weighted by Crippen LogP contribution is 2.16. The van der Waals surface area contributed by atoms with Gasteiger partial charge in [-0.05, 0) is 47.3 Å². The fraction of sp³-hybridized carbons (Fsp3) is 0.200. The smallest absolute Gasteiger partial charge is 0.252 e. The molecule has 0 atom stereocenters. The van der Waals surface area contributed by atoms with E-state index in [9.17, 15) is 9.59 Å². The molecule has 0 spiro atoms. The van der Waals surface area contributed by atoms with Crippen LogP contribution in [-0.4, -0.2) is 10.5 Å². The van der Waals surface area contributed by atoms with Gasteiger partial charge in [0, 0.05) is 11.1 Å². The molecule has 0 N–H and O–H groups in total. The first kappa shape index (κ1) is 11.2. The highest BCUT2D eigenvalue weighted by molar-refractivity contribution is 6.69. The van der Waals surface area contributed by atoms with Crippen molar-refractivity contribution in [1.29, 1.82) is 0 Å². The van der Waals surface area contributed by atoms with Crippen molar-refractivity contribution in [2.24, 2.45) is 0 Å². The Bertz CT molecular complexity index is 386. The maximum Gasteiger partial charge on any atom is 0.252 e. The molecule has 0 aliphatic rings. The van der Waals surface area contributed by atoms with Crippen molar-refractivity contribution in [3.05, 3.63) is 34.9 Å². The number of hydrogen-bond donors (Lipinski definition) is 0. The lowest BCUT2D eigenvalue weighted by Gasteiger charge is -2.04. The number of hydrogen-bond acceptors (Lipinski definition) is 2. The van der Waals surface area contributed by atoms with Crippen molar-refractivity contribution >= 4 is 33.7 Å². The summed E-state index contributed by atoms with van der Waals surface area (Å²) >= 11 is 10.7. The lowest BCUT2D eigenvalue weighted by molar-refractivity contribution is 0.107. The average Bonchev–Trinajstić information content (AvgIpc) is 2.16. The SMILES string of the molecule is CCc1ccc(C(=O)Cl)cc1C(=O)Cl. The Kier molecular flexibility index (Phi) is 3.67. The summed E-state index contributed by atoms with van der Waals surface area (Å²) in [5.74, 6) is 0. The van der Waals surface area contributed by atoms with Gasteiger partial charge < -0.3 is 0 Å². The van der Waals surface area contributed by atoms with E-state index in [2.05, 4.69) is 0 Å².